The first-order valence-corrected chi connectivity index (χ1v) is 9.34. The molecule has 0 unspecified atom stereocenters. The zero-order valence-corrected chi connectivity index (χ0v) is 17.3. The molecule has 2 aromatic carbocycles. The summed E-state index contributed by atoms with van der Waals surface area (Å²) < 4.78 is 17.4. The van der Waals surface area contributed by atoms with Crippen LogP contribution in [0.15, 0.2) is 53.7 Å². The Morgan fingerprint density at radius 3 is 2.18 bits per heavy atom. The molecule has 28 heavy (non-hydrogen) atoms. The average molecular weight is 383 g/mol. The fourth-order valence-corrected chi connectivity index (χ4v) is 2.75. The second-order valence-electron chi connectivity index (χ2n) is 6.35. The standard InChI is InChI=1S/C23H29NO4/c1-6-7-12-26-22-15-17(2)23(18(3)16-22)28-14-13-27-21-10-8-20(9-11-21)19(4)24-25-5/h6-11,15-16H,12-14H2,1-5H3/b7-6+,24-19+. The molecule has 0 spiro atoms. The third-order valence-corrected chi connectivity index (χ3v) is 4.11. The van der Waals surface area contributed by atoms with Crippen LogP contribution in [0.2, 0.25) is 0 Å². The van der Waals surface area contributed by atoms with Gasteiger partial charge in [-0.15, -0.1) is 0 Å². The predicted molar refractivity (Wildman–Crippen MR) is 113 cm³/mol. The zero-order valence-electron chi connectivity index (χ0n) is 17.3. The lowest BCUT2D eigenvalue weighted by atomic mass is 10.1. The first-order chi connectivity index (χ1) is 13.5. The van der Waals surface area contributed by atoms with Crippen molar-refractivity contribution in [1.29, 1.82) is 0 Å². The molecule has 150 valence electrons. The van der Waals surface area contributed by atoms with Crippen LogP contribution in [0.4, 0.5) is 0 Å². The van der Waals surface area contributed by atoms with E-state index in [0.717, 1.165) is 39.7 Å². The Morgan fingerprint density at radius 2 is 1.57 bits per heavy atom. The Hall–Kier alpha value is -2.95. The highest BCUT2D eigenvalue weighted by Gasteiger charge is 2.07. The van der Waals surface area contributed by atoms with Gasteiger partial charge < -0.3 is 19.0 Å². The van der Waals surface area contributed by atoms with Gasteiger partial charge in [-0.2, -0.15) is 0 Å². The van der Waals surface area contributed by atoms with Gasteiger partial charge in [-0.1, -0.05) is 17.3 Å². The maximum atomic E-state index is 5.93. The maximum absolute atomic E-state index is 5.93. The first-order valence-electron chi connectivity index (χ1n) is 9.34. The van der Waals surface area contributed by atoms with Crippen LogP contribution in [0.25, 0.3) is 0 Å². The van der Waals surface area contributed by atoms with Crippen LogP contribution in [-0.2, 0) is 4.84 Å². The topological polar surface area (TPSA) is 49.3 Å². The number of allylic oxidation sites excluding steroid dienone is 1. The number of hydrogen-bond acceptors (Lipinski definition) is 5. The van der Waals surface area contributed by atoms with Gasteiger partial charge in [0.2, 0.25) is 0 Å². The van der Waals surface area contributed by atoms with Crippen molar-refractivity contribution in [3.8, 4) is 17.2 Å². The summed E-state index contributed by atoms with van der Waals surface area (Å²) in [7, 11) is 1.54. The molecule has 0 aromatic heterocycles. The Balaban J connectivity index is 1.85. The molecule has 0 heterocycles. The summed E-state index contributed by atoms with van der Waals surface area (Å²) >= 11 is 0. The third-order valence-electron chi connectivity index (χ3n) is 4.11. The fourth-order valence-electron chi connectivity index (χ4n) is 2.75. The lowest BCUT2D eigenvalue weighted by molar-refractivity contribution is 0.213. The number of hydrogen-bond donors (Lipinski definition) is 0. The number of benzene rings is 2. The van der Waals surface area contributed by atoms with Crippen LogP contribution in [-0.4, -0.2) is 32.6 Å². The van der Waals surface area contributed by atoms with Gasteiger partial charge >= 0.3 is 0 Å². The Kier molecular flexibility index (Phi) is 8.40. The van der Waals surface area contributed by atoms with E-state index < -0.39 is 0 Å². The summed E-state index contributed by atoms with van der Waals surface area (Å²) in [5.41, 5.74) is 3.91. The largest absolute Gasteiger partial charge is 0.490 e. The van der Waals surface area contributed by atoms with Gasteiger partial charge in [-0.3, -0.25) is 0 Å². The number of aryl methyl sites for hydroxylation is 2. The molecule has 5 heteroatoms. The van der Waals surface area contributed by atoms with Crippen LogP contribution in [0.3, 0.4) is 0 Å². The second-order valence-corrected chi connectivity index (χ2v) is 6.35. The monoisotopic (exact) mass is 383 g/mol. The van der Waals surface area contributed by atoms with Crippen molar-refractivity contribution in [2.45, 2.75) is 27.7 Å². The second kappa shape index (κ2) is 11.0. The van der Waals surface area contributed by atoms with Gasteiger partial charge in [-0.25, -0.2) is 0 Å². The first kappa shape index (κ1) is 21.4. The van der Waals surface area contributed by atoms with Gasteiger partial charge in [0, 0.05) is 0 Å². The van der Waals surface area contributed by atoms with Crippen molar-refractivity contribution in [2.24, 2.45) is 5.16 Å². The molecule has 0 bridgehead atoms. The van der Waals surface area contributed by atoms with E-state index in [1.165, 1.54) is 7.11 Å². The number of nitrogens with zero attached hydrogens (tertiary/aromatic N) is 1. The number of oxime groups is 1. The van der Waals surface area contributed by atoms with Crippen LogP contribution >= 0.6 is 0 Å². The number of rotatable bonds is 10. The molecule has 2 rings (SSSR count). The molecule has 0 radical (unpaired) electrons. The third kappa shape index (κ3) is 6.34. The minimum absolute atomic E-state index is 0.461. The predicted octanol–water partition coefficient (Wildman–Crippen LogP) is 5.09. The van der Waals surface area contributed by atoms with E-state index in [1.807, 2.05) is 76.2 Å². The molecule has 0 aliphatic rings. The molecular formula is C23H29NO4. The molecule has 0 saturated heterocycles. The molecule has 0 N–H and O–H groups in total. The molecule has 0 aliphatic heterocycles. The molecule has 0 saturated carbocycles. The molecule has 0 amide bonds. The minimum Gasteiger partial charge on any atom is -0.490 e. The van der Waals surface area contributed by atoms with Crippen molar-refractivity contribution in [3.63, 3.8) is 0 Å². The van der Waals surface area contributed by atoms with Crippen molar-refractivity contribution in [1.82, 2.24) is 0 Å². The van der Waals surface area contributed by atoms with E-state index in [9.17, 15) is 0 Å². The van der Waals surface area contributed by atoms with Crippen LogP contribution in [0, 0.1) is 13.8 Å². The SMILES string of the molecule is C/C=C/COc1cc(C)c(OCCOc2ccc(/C(C)=N/OC)cc2)c(C)c1. The van der Waals surface area contributed by atoms with Crippen molar-refractivity contribution < 1.29 is 19.0 Å². The lowest BCUT2D eigenvalue weighted by Crippen LogP contribution is -2.10. The molecule has 2 aromatic rings. The molecule has 0 aliphatic carbocycles. The van der Waals surface area contributed by atoms with Crippen LogP contribution in [0.5, 0.6) is 17.2 Å². The summed E-state index contributed by atoms with van der Waals surface area (Å²) in [4.78, 5) is 4.79. The fraction of sp³-hybridized carbons (Fsp3) is 0.348. The van der Waals surface area contributed by atoms with Crippen LogP contribution < -0.4 is 14.2 Å². The van der Waals surface area contributed by atoms with Gasteiger partial charge in [0.05, 0.1) is 5.71 Å². The summed E-state index contributed by atoms with van der Waals surface area (Å²) in [5.74, 6) is 2.52. The Bertz CT molecular complexity index is 787. The van der Waals surface area contributed by atoms with Gasteiger partial charge in [-0.05, 0) is 80.8 Å². The minimum atomic E-state index is 0.461. The van der Waals surface area contributed by atoms with Crippen molar-refractivity contribution in [3.05, 3.63) is 65.2 Å². The molecule has 0 atom stereocenters. The Labute approximate surface area is 167 Å². The summed E-state index contributed by atoms with van der Waals surface area (Å²) in [6.07, 6.45) is 3.95. The van der Waals surface area contributed by atoms with Gasteiger partial charge in [0.25, 0.3) is 0 Å². The molecular weight excluding hydrogens is 354 g/mol. The highest BCUT2D eigenvalue weighted by molar-refractivity contribution is 5.98. The van der Waals surface area contributed by atoms with E-state index in [0.29, 0.717) is 19.8 Å². The maximum Gasteiger partial charge on any atom is 0.125 e. The van der Waals surface area contributed by atoms with Crippen LogP contribution in [0.1, 0.15) is 30.5 Å². The van der Waals surface area contributed by atoms with Crippen molar-refractivity contribution >= 4 is 5.71 Å². The zero-order chi connectivity index (χ0) is 20.4. The summed E-state index contributed by atoms with van der Waals surface area (Å²) in [6, 6.07) is 11.7. The smallest absolute Gasteiger partial charge is 0.125 e. The summed E-state index contributed by atoms with van der Waals surface area (Å²) in [6.45, 7) is 9.41. The average Bonchev–Trinajstić information content (AvgIpc) is 2.67. The summed E-state index contributed by atoms with van der Waals surface area (Å²) in [5, 5.41) is 3.92. The number of ether oxygens (including phenoxy) is 3. The van der Waals surface area contributed by atoms with E-state index in [-0.39, 0.29) is 0 Å². The van der Waals surface area contributed by atoms with E-state index in [1.54, 1.807) is 0 Å². The highest BCUT2D eigenvalue weighted by atomic mass is 16.6. The van der Waals surface area contributed by atoms with E-state index in [4.69, 9.17) is 19.0 Å². The van der Waals surface area contributed by atoms with Crippen molar-refractivity contribution in [2.75, 3.05) is 26.9 Å². The van der Waals surface area contributed by atoms with Gasteiger partial charge in [0.1, 0.15) is 44.2 Å². The Morgan fingerprint density at radius 1 is 0.929 bits per heavy atom. The normalized spacial score (nSPS) is 11.5. The highest BCUT2D eigenvalue weighted by Crippen LogP contribution is 2.28. The molecule has 0 fully saturated rings. The van der Waals surface area contributed by atoms with E-state index in [2.05, 4.69) is 5.16 Å². The quantitative estimate of drug-likeness (QED) is 0.248. The van der Waals surface area contributed by atoms with Gasteiger partial charge in [0.15, 0.2) is 0 Å². The lowest BCUT2D eigenvalue weighted by Gasteiger charge is -2.15. The molecule has 5 nitrogen and oxygen atoms in total. The van der Waals surface area contributed by atoms with E-state index >= 15 is 0 Å².